The molecule has 7 heteroatoms. The number of hydrogen-bond donors (Lipinski definition) is 2. The monoisotopic (exact) mass is 289 g/mol. The lowest BCUT2D eigenvalue weighted by Gasteiger charge is -2.26. The molecule has 0 saturated carbocycles. The second-order valence-electron chi connectivity index (χ2n) is 4.65. The van der Waals surface area contributed by atoms with Gasteiger partial charge in [-0.15, -0.1) is 0 Å². The van der Waals surface area contributed by atoms with E-state index < -0.39 is 27.5 Å². The molecule has 1 aliphatic heterocycles. The predicted molar refractivity (Wildman–Crippen MR) is 66.6 cm³/mol. The third kappa shape index (κ3) is 3.11. The number of halogens is 1. The molecule has 0 aromatic heterocycles. The standard InChI is InChI=1S/C12H16FNO4S/c1-9-12(15,5-6-18-9)8-14-19(16,17)11-4-2-3-10(13)7-11/h2-4,7,9,14-15H,5-6,8H2,1H3. The molecule has 0 spiro atoms. The van der Waals surface area contributed by atoms with Gasteiger partial charge in [-0.3, -0.25) is 0 Å². The molecule has 0 aliphatic carbocycles. The van der Waals surface area contributed by atoms with Gasteiger partial charge in [0.25, 0.3) is 0 Å². The molecule has 1 aliphatic rings. The van der Waals surface area contributed by atoms with E-state index in [0.717, 1.165) is 6.07 Å². The molecule has 0 radical (unpaired) electrons. The van der Waals surface area contributed by atoms with Crippen molar-refractivity contribution in [3.05, 3.63) is 30.1 Å². The fourth-order valence-corrected chi connectivity index (χ4v) is 3.07. The van der Waals surface area contributed by atoms with Crippen molar-refractivity contribution >= 4 is 10.0 Å². The zero-order valence-corrected chi connectivity index (χ0v) is 11.3. The Labute approximate surface area is 111 Å². The van der Waals surface area contributed by atoms with Gasteiger partial charge in [-0.05, 0) is 25.1 Å². The maximum absolute atomic E-state index is 13.0. The molecular weight excluding hydrogens is 273 g/mol. The Morgan fingerprint density at radius 3 is 2.89 bits per heavy atom. The van der Waals surface area contributed by atoms with Crippen LogP contribution in [0.1, 0.15) is 13.3 Å². The van der Waals surface area contributed by atoms with E-state index in [4.69, 9.17) is 4.74 Å². The van der Waals surface area contributed by atoms with Crippen molar-refractivity contribution in [2.75, 3.05) is 13.2 Å². The van der Waals surface area contributed by atoms with Crippen LogP contribution < -0.4 is 4.72 Å². The van der Waals surface area contributed by atoms with Crippen LogP contribution in [0.3, 0.4) is 0 Å². The van der Waals surface area contributed by atoms with E-state index in [1.54, 1.807) is 6.92 Å². The Balaban J connectivity index is 2.10. The van der Waals surface area contributed by atoms with Crippen molar-refractivity contribution in [1.82, 2.24) is 4.72 Å². The highest BCUT2D eigenvalue weighted by Crippen LogP contribution is 2.25. The van der Waals surface area contributed by atoms with Crippen LogP contribution in [0.2, 0.25) is 0 Å². The van der Waals surface area contributed by atoms with E-state index in [-0.39, 0.29) is 11.4 Å². The zero-order chi connectivity index (χ0) is 14.1. The molecule has 106 valence electrons. The van der Waals surface area contributed by atoms with Crippen molar-refractivity contribution in [1.29, 1.82) is 0 Å². The van der Waals surface area contributed by atoms with Crippen molar-refractivity contribution in [3.8, 4) is 0 Å². The Kier molecular flexibility index (Phi) is 3.91. The number of benzene rings is 1. The van der Waals surface area contributed by atoms with Crippen LogP contribution in [0.5, 0.6) is 0 Å². The topological polar surface area (TPSA) is 75.6 Å². The minimum atomic E-state index is -3.84. The van der Waals surface area contributed by atoms with E-state index in [2.05, 4.69) is 4.72 Å². The molecule has 0 bridgehead atoms. The predicted octanol–water partition coefficient (Wildman–Crippen LogP) is 0.644. The van der Waals surface area contributed by atoms with Crippen molar-refractivity contribution < 1.29 is 22.7 Å². The molecule has 0 amide bonds. The molecule has 19 heavy (non-hydrogen) atoms. The number of hydrogen-bond acceptors (Lipinski definition) is 4. The summed E-state index contributed by atoms with van der Waals surface area (Å²) in [7, 11) is -3.84. The number of sulfonamides is 1. The first-order valence-corrected chi connectivity index (χ1v) is 7.41. The second-order valence-corrected chi connectivity index (χ2v) is 6.42. The van der Waals surface area contributed by atoms with E-state index in [1.165, 1.54) is 18.2 Å². The Bertz CT molecular complexity index is 563. The smallest absolute Gasteiger partial charge is 0.240 e. The normalized spacial score (nSPS) is 27.6. The number of aliphatic hydroxyl groups is 1. The summed E-state index contributed by atoms with van der Waals surface area (Å²) in [5.74, 6) is -0.626. The molecule has 1 fully saturated rings. The summed E-state index contributed by atoms with van der Waals surface area (Å²) < 4.78 is 44.4. The minimum Gasteiger partial charge on any atom is -0.386 e. The van der Waals surface area contributed by atoms with Crippen LogP contribution in [0.25, 0.3) is 0 Å². The molecule has 1 heterocycles. The quantitative estimate of drug-likeness (QED) is 0.853. The molecule has 2 atom stereocenters. The molecule has 1 saturated heterocycles. The fourth-order valence-electron chi connectivity index (χ4n) is 1.94. The van der Waals surface area contributed by atoms with Gasteiger partial charge in [-0.25, -0.2) is 17.5 Å². The highest BCUT2D eigenvalue weighted by Gasteiger charge is 2.40. The third-order valence-corrected chi connectivity index (χ3v) is 4.73. The van der Waals surface area contributed by atoms with Gasteiger partial charge in [-0.1, -0.05) is 6.07 Å². The molecule has 5 nitrogen and oxygen atoms in total. The lowest BCUT2D eigenvalue weighted by Crippen LogP contribution is -2.47. The summed E-state index contributed by atoms with van der Waals surface area (Å²) in [5, 5.41) is 10.2. The van der Waals surface area contributed by atoms with E-state index in [1.807, 2.05) is 0 Å². The Hall–Kier alpha value is -1.02. The highest BCUT2D eigenvalue weighted by molar-refractivity contribution is 7.89. The van der Waals surface area contributed by atoms with Gasteiger partial charge >= 0.3 is 0 Å². The number of ether oxygens (including phenoxy) is 1. The minimum absolute atomic E-state index is 0.160. The van der Waals surface area contributed by atoms with Gasteiger partial charge < -0.3 is 9.84 Å². The first-order chi connectivity index (χ1) is 8.83. The van der Waals surface area contributed by atoms with Crippen LogP contribution in [-0.2, 0) is 14.8 Å². The summed E-state index contributed by atoms with van der Waals surface area (Å²) in [5.41, 5.74) is -1.22. The lowest BCUT2D eigenvalue weighted by atomic mass is 9.97. The third-order valence-electron chi connectivity index (χ3n) is 3.33. The highest BCUT2D eigenvalue weighted by atomic mass is 32.2. The van der Waals surface area contributed by atoms with Gasteiger partial charge in [0.2, 0.25) is 10.0 Å². The number of rotatable bonds is 4. The van der Waals surface area contributed by atoms with Gasteiger partial charge in [0.05, 0.1) is 11.0 Å². The summed E-state index contributed by atoms with van der Waals surface area (Å²) in [6, 6.07) is 4.71. The average molecular weight is 289 g/mol. The molecule has 2 N–H and O–H groups in total. The average Bonchev–Trinajstić information content (AvgIpc) is 2.68. The van der Waals surface area contributed by atoms with Crippen molar-refractivity contribution in [2.45, 2.75) is 29.9 Å². The molecule has 1 aromatic carbocycles. The SMILES string of the molecule is CC1OCCC1(O)CNS(=O)(=O)c1cccc(F)c1. The fraction of sp³-hybridized carbons (Fsp3) is 0.500. The maximum Gasteiger partial charge on any atom is 0.240 e. The van der Waals surface area contributed by atoms with Crippen LogP contribution in [-0.4, -0.2) is 38.4 Å². The maximum atomic E-state index is 13.0. The second kappa shape index (κ2) is 5.16. The number of nitrogens with one attached hydrogen (secondary N) is 1. The summed E-state index contributed by atoms with van der Waals surface area (Å²) in [4.78, 5) is -0.164. The zero-order valence-electron chi connectivity index (χ0n) is 10.5. The van der Waals surface area contributed by atoms with E-state index >= 15 is 0 Å². The van der Waals surface area contributed by atoms with Crippen LogP contribution >= 0.6 is 0 Å². The molecule has 1 aromatic rings. The van der Waals surface area contributed by atoms with Crippen LogP contribution in [0.4, 0.5) is 4.39 Å². The van der Waals surface area contributed by atoms with Gasteiger partial charge in [0, 0.05) is 19.6 Å². The van der Waals surface area contributed by atoms with Crippen LogP contribution in [0.15, 0.2) is 29.2 Å². The van der Waals surface area contributed by atoms with Gasteiger partial charge in [0.15, 0.2) is 0 Å². The Morgan fingerprint density at radius 1 is 1.58 bits per heavy atom. The van der Waals surface area contributed by atoms with Gasteiger partial charge in [-0.2, -0.15) is 0 Å². The Morgan fingerprint density at radius 2 is 2.32 bits per heavy atom. The summed E-state index contributed by atoms with van der Waals surface area (Å²) in [6.45, 7) is 1.91. The molecular formula is C12H16FNO4S. The lowest BCUT2D eigenvalue weighted by molar-refractivity contribution is -0.0228. The summed E-state index contributed by atoms with van der Waals surface area (Å²) >= 11 is 0. The van der Waals surface area contributed by atoms with Crippen LogP contribution in [0, 0.1) is 5.82 Å². The first-order valence-electron chi connectivity index (χ1n) is 5.93. The van der Waals surface area contributed by atoms with Crippen molar-refractivity contribution in [2.24, 2.45) is 0 Å². The molecule has 2 unspecified atom stereocenters. The largest absolute Gasteiger partial charge is 0.386 e. The molecule has 2 rings (SSSR count). The first kappa shape index (κ1) is 14.4. The summed E-state index contributed by atoms with van der Waals surface area (Å²) in [6.07, 6.45) is -0.0810. The van der Waals surface area contributed by atoms with Gasteiger partial charge in [0.1, 0.15) is 11.4 Å². The van der Waals surface area contributed by atoms with Crippen molar-refractivity contribution in [3.63, 3.8) is 0 Å². The van der Waals surface area contributed by atoms with E-state index in [0.29, 0.717) is 13.0 Å². The van der Waals surface area contributed by atoms with E-state index in [9.17, 15) is 17.9 Å².